The van der Waals surface area contributed by atoms with Crippen molar-refractivity contribution in [2.45, 2.75) is 0 Å². The van der Waals surface area contributed by atoms with Crippen LogP contribution in [-0.2, 0) is 0 Å². The van der Waals surface area contributed by atoms with E-state index in [4.69, 9.17) is 5.73 Å². The number of anilines is 1. The summed E-state index contributed by atoms with van der Waals surface area (Å²) in [5, 5.41) is 13.1. The highest BCUT2D eigenvalue weighted by atomic mass is 19.1. The third-order valence-electron chi connectivity index (χ3n) is 1.60. The third kappa shape index (κ3) is 1.33. The minimum atomic E-state index is -0.384. The van der Waals surface area contributed by atoms with E-state index in [0.29, 0.717) is 17.1 Å². The molecule has 66 valence electrons. The van der Waals surface area contributed by atoms with Gasteiger partial charge in [0.15, 0.2) is 0 Å². The van der Waals surface area contributed by atoms with Crippen LogP contribution in [0.2, 0.25) is 0 Å². The van der Waals surface area contributed by atoms with E-state index >= 15 is 0 Å². The molecule has 5 nitrogen and oxygen atoms in total. The molecule has 0 spiro atoms. The summed E-state index contributed by atoms with van der Waals surface area (Å²) in [5.74, 6) is -0.0257. The van der Waals surface area contributed by atoms with Crippen LogP contribution in [0.4, 0.5) is 10.1 Å². The van der Waals surface area contributed by atoms with Gasteiger partial charge in [-0.05, 0) is 23.4 Å². The van der Waals surface area contributed by atoms with Gasteiger partial charge in [-0.2, -0.15) is 5.21 Å². The Kier molecular flexibility index (Phi) is 1.66. The summed E-state index contributed by atoms with van der Waals surface area (Å²) in [6, 6.07) is 4.02. The van der Waals surface area contributed by atoms with Gasteiger partial charge in [-0.1, -0.05) is 0 Å². The van der Waals surface area contributed by atoms with Gasteiger partial charge < -0.3 is 5.73 Å². The normalized spacial score (nSPS) is 10.2. The fourth-order valence-corrected chi connectivity index (χ4v) is 1.01. The number of nitrogens with zero attached hydrogens (tertiary/aromatic N) is 3. The molecule has 2 rings (SSSR count). The predicted octanol–water partition coefficient (Wildman–Crippen LogP) is 0.588. The molecule has 0 bridgehead atoms. The van der Waals surface area contributed by atoms with Gasteiger partial charge in [-0.3, -0.25) is 0 Å². The number of nitrogens with two attached hydrogens (primary N) is 1. The summed E-state index contributed by atoms with van der Waals surface area (Å²) < 4.78 is 12.6. The molecule has 13 heavy (non-hydrogen) atoms. The standard InChI is InChI=1S/C7H6FN5/c8-4-1-2-5(6(9)3-4)7-10-12-13-11-7/h1-3H,9H2,(H,10,11,12,13). The first-order valence-electron chi connectivity index (χ1n) is 3.56. The lowest BCUT2D eigenvalue weighted by Gasteiger charge is -1.99. The van der Waals surface area contributed by atoms with Gasteiger partial charge in [-0.15, -0.1) is 10.2 Å². The monoisotopic (exact) mass is 179 g/mol. The molecular weight excluding hydrogens is 173 g/mol. The number of hydrogen-bond donors (Lipinski definition) is 2. The highest BCUT2D eigenvalue weighted by Gasteiger charge is 2.07. The van der Waals surface area contributed by atoms with Crippen molar-refractivity contribution in [2.75, 3.05) is 5.73 Å². The van der Waals surface area contributed by atoms with Crippen LogP contribution >= 0.6 is 0 Å². The Bertz CT molecular complexity index is 411. The zero-order valence-corrected chi connectivity index (χ0v) is 6.53. The molecule has 1 aromatic carbocycles. The van der Waals surface area contributed by atoms with E-state index in [2.05, 4.69) is 20.6 Å². The van der Waals surface area contributed by atoms with Gasteiger partial charge in [0, 0.05) is 11.3 Å². The van der Waals surface area contributed by atoms with Crippen molar-refractivity contribution in [1.29, 1.82) is 0 Å². The smallest absolute Gasteiger partial charge is 0.206 e. The van der Waals surface area contributed by atoms with Crippen LogP contribution in [0, 0.1) is 5.82 Å². The van der Waals surface area contributed by atoms with Crippen LogP contribution in [0.15, 0.2) is 18.2 Å². The summed E-state index contributed by atoms with van der Waals surface area (Å²) in [7, 11) is 0. The lowest BCUT2D eigenvalue weighted by atomic mass is 10.2. The van der Waals surface area contributed by atoms with Gasteiger partial charge in [0.25, 0.3) is 0 Å². The predicted molar refractivity (Wildman–Crippen MR) is 44.0 cm³/mol. The van der Waals surface area contributed by atoms with Crippen molar-refractivity contribution in [3.05, 3.63) is 24.0 Å². The van der Waals surface area contributed by atoms with Crippen molar-refractivity contribution in [3.63, 3.8) is 0 Å². The Morgan fingerprint density at radius 3 is 2.85 bits per heavy atom. The minimum absolute atomic E-state index is 0.293. The summed E-state index contributed by atoms with van der Waals surface area (Å²) >= 11 is 0. The Morgan fingerprint density at radius 1 is 1.38 bits per heavy atom. The van der Waals surface area contributed by atoms with Gasteiger partial charge in [-0.25, -0.2) is 4.39 Å². The van der Waals surface area contributed by atoms with Crippen molar-refractivity contribution in [3.8, 4) is 11.4 Å². The molecule has 0 fully saturated rings. The first kappa shape index (κ1) is 7.66. The number of aromatic nitrogens is 4. The van der Waals surface area contributed by atoms with Gasteiger partial charge in [0.05, 0.1) is 0 Å². The summed E-state index contributed by atoms with van der Waals surface area (Å²) in [6.07, 6.45) is 0. The number of nitrogens with one attached hydrogen (secondary N) is 1. The number of H-pyrrole nitrogens is 1. The number of rotatable bonds is 1. The van der Waals surface area contributed by atoms with Gasteiger partial charge in [0.1, 0.15) is 5.82 Å². The first-order valence-corrected chi connectivity index (χ1v) is 3.56. The zero-order valence-electron chi connectivity index (χ0n) is 6.53. The van der Waals surface area contributed by atoms with E-state index in [1.807, 2.05) is 0 Å². The SMILES string of the molecule is Nc1cc(F)ccc1-c1nn[nH]n1. The lowest BCUT2D eigenvalue weighted by molar-refractivity contribution is 0.628. The van der Waals surface area contributed by atoms with Crippen LogP contribution in [-0.4, -0.2) is 20.6 Å². The quantitative estimate of drug-likeness (QED) is 0.628. The maximum Gasteiger partial charge on any atom is 0.206 e. The van der Waals surface area contributed by atoms with Crippen molar-refractivity contribution < 1.29 is 4.39 Å². The number of hydrogen-bond acceptors (Lipinski definition) is 4. The molecule has 0 atom stereocenters. The number of aromatic amines is 1. The molecule has 0 radical (unpaired) electrons. The molecule has 0 aliphatic heterocycles. The fraction of sp³-hybridized carbons (Fsp3) is 0. The van der Waals surface area contributed by atoms with E-state index in [1.165, 1.54) is 18.2 Å². The van der Waals surface area contributed by atoms with Gasteiger partial charge in [0.2, 0.25) is 5.82 Å². The largest absolute Gasteiger partial charge is 0.398 e. The molecule has 1 aromatic heterocycles. The Labute approximate surface area is 72.8 Å². The van der Waals surface area contributed by atoms with E-state index in [1.54, 1.807) is 0 Å². The molecule has 0 saturated carbocycles. The maximum absolute atomic E-state index is 12.6. The van der Waals surface area contributed by atoms with Gasteiger partial charge >= 0.3 is 0 Å². The second-order valence-corrected chi connectivity index (χ2v) is 2.47. The summed E-state index contributed by atoms with van der Waals surface area (Å²) in [6.45, 7) is 0. The maximum atomic E-state index is 12.6. The van der Waals surface area contributed by atoms with Crippen molar-refractivity contribution in [2.24, 2.45) is 0 Å². The summed E-state index contributed by atoms with van der Waals surface area (Å²) in [4.78, 5) is 0. The molecule has 1 heterocycles. The van der Waals surface area contributed by atoms with Crippen LogP contribution in [0.3, 0.4) is 0 Å². The minimum Gasteiger partial charge on any atom is -0.398 e. The van der Waals surface area contributed by atoms with E-state index in [9.17, 15) is 4.39 Å². The average Bonchev–Trinajstić information content (AvgIpc) is 2.56. The molecule has 0 aliphatic rings. The molecule has 0 unspecified atom stereocenters. The third-order valence-corrected chi connectivity index (χ3v) is 1.60. The molecule has 0 amide bonds. The first-order chi connectivity index (χ1) is 6.27. The highest BCUT2D eigenvalue weighted by Crippen LogP contribution is 2.21. The molecule has 0 aliphatic carbocycles. The molecule has 6 heteroatoms. The lowest BCUT2D eigenvalue weighted by Crippen LogP contribution is -1.92. The Hall–Kier alpha value is -1.98. The fourth-order valence-electron chi connectivity index (χ4n) is 1.01. The van der Waals surface area contributed by atoms with Crippen LogP contribution in [0.25, 0.3) is 11.4 Å². The Morgan fingerprint density at radius 2 is 2.23 bits per heavy atom. The number of tetrazole rings is 1. The number of halogens is 1. The second kappa shape index (κ2) is 2.81. The topological polar surface area (TPSA) is 80.5 Å². The van der Waals surface area contributed by atoms with Crippen LogP contribution in [0.1, 0.15) is 0 Å². The van der Waals surface area contributed by atoms with Crippen LogP contribution in [0.5, 0.6) is 0 Å². The van der Waals surface area contributed by atoms with E-state index in [0.717, 1.165) is 0 Å². The zero-order chi connectivity index (χ0) is 9.26. The molecule has 0 saturated heterocycles. The number of nitrogen functional groups attached to an aromatic ring is 1. The van der Waals surface area contributed by atoms with Crippen molar-refractivity contribution >= 4 is 5.69 Å². The van der Waals surface area contributed by atoms with E-state index < -0.39 is 0 Å². The molecule has 3 N–H and O–H groups in total. The number of benzene rings is 1. The van der Waals surface area contributed by atoms with Crippen molar-refractivity contribution in [1.82, 2.24) is 20.6 Å². The second-order valence-electron chi connectivity index (χ2n) is 2.47. The highest BCUT2D eigenvalue weighted by molar-refractivity contribution is 5.70. The summed E-state index contributed by atoms with van der Waals surface area (Å²) in [5.41, 5.74) is 6.41. The average molecular weight is 179 g/mol. The molecular formula is C7H6FN5. The molecule has 2 aromatic rings. The van der Waals surface area contributed by atoms with E-state index in [-0.39, 0.29) is 5.82 Å². The van der Waals surface area contributed by atoms with Crippen LogP contribution < -0.4 is 5.73 Å². The Balaban J connectivity index is 2.53.